The van der Waals surface area contributed by atoms with Crippen molar-refractivity contribution in [3.8, 4) is 6.07 Å². The molecule has 1 N–H and O–H groups in total. The van der Waals surface area contributed by atoms with Crippen LogP contribution in [0.3, 0.4) is 0 Å². The molecule has 0 heterocycles. The maximum atomic E-state index is 13.7. The molecule has 0 spiro atoms. The van der Waals surface area contributed by atoms with Crippen LogP contribution in [0.2, 0.25) is 0 Å². The number of hydrogen-bond donors (Lipinski definition) is 1. The van der Waals surface area contributed by atoms with E-state index in [0.717, 1.165) is 12.1 Å². The third kappa shape index (κ3) is 2.44. The van der Waals surface area contributed by atoms with Gasteiger partial charge in [0.1, 0.15) is 5.69 Å². The van der Waals surface area contributed by atoms with Crippen LogP contribution >= 0.6 is 0 Å². The Labute approximate surface area is 104 Å². The second-order valence-electron chi connectivity index (χ2n) is 4.77. The zero-order chi connectivity index (χ0) is 13.3. The second kappa shape index (κ2) is 4.91. The van der Waals surface area contributed by atoms with E-state index >= 15 is 0 Å². The van der Waals surface area contributed by atoms with E-state index in [9.17, 15) is 13.9 Å². The average molecular weight is 252 g/mol. The Morgan fingerprint density at radius 2 is 1.94 bits per heavy atom. The zero-order valence-electron chi connectivity index (χ0n) is 10.0. The molecule has 1 aromatic rings. The molecule has 0 aliphatic heterocycles. The van der Waals surface area contributed by atoms with Crippen molar-refractivity contribution in [3.05, 3.63) is 29.3 Å². The van der Waals surface area contributed by atoms with E-state index in [1.807, 2.05) is 0 Å². The second-order valence-corrected chi connectivity index (χ2v) is 4.77. The lowest BCUT2D eigenvalue weighted by Gasteiger charge is -2.35. The first-order valence-electron chi connectivity index (χ1n) is 5.79. The van der Waals surface area contributed by atoms with Gasteiger partial charge in [-0.15, -0.1) is 0 Å². The highest BCUT2D eigenvalue weighted by molar-refractivity contribution is 5.52. The van der Waals surface area contributed by atoms with Crippen LogP contribution in [0.1, 0.15) is 18.4 Å². The largest absolute Gasteiger partial charge is 0.393 e. The molecule has 1 aliphatic rings. The van der Waals surface area contributed by atoms with Gasteiger partial charge in [-0.3, -0.25) is 0 Å². The molecule has 0 bridgehead atoms. The van der Waals surface area contributed by atoms with Crippen molar-refractivity contribution in [2.45, 2.75) is 18.9 Å². The Bertz CT molecular complexity index is 469. The van der Waals surface area contributed by atoms with Crippen LogP contribution in [-0.4, -0.2) is 24.8 Å². The maximum absolute atomic E-state index is 13.7. The highest BCUT2D eigenvalue weighted by Gasteiger charge is 2.29. The molecule has 1 aliphatic carbocycles. The number of anilines is 1. The summed E-state index contributed by atoms with van der Waals surface area (Å²) in [7, 11) is 1.61. The Hall–Kier alpha value is -1.67. The number of hydrogen-bond acceptors (Lipinski definition) is 3. The summed E-state index contributed by atoms with van der Waals surface area (Å²) in [5, 5.41) is 17.8. The van der Waals surface area contributed by atoms with Gasteiger partial charge in [-0.25, -0.2) is 8.78 Å². The van der Waals surface area contributed by atoms with E-state index in [1.165, 1.54) is 4.90 Å². The van der Waals surface area contributed by atoms with E-state index in [-0.39, 0.29) is 23.3 Å². The predicted molar refractivity (Wildman–Crippen MR) is 63.1 cm³/mol. The summed E-state index contributed by atoms with van der Waals surface area (Å²) in [6.07, 6.45) is 1.06. The molecule has 1 aromatic carbocycles. The number of aliphatic hydroxyl groups is 1. The van der Waals surface area contributed by atoms with Gasteiger partial charge >= 0.3 is 0 Å². The predicted octanol–water partition coefficient (Wildman–Crippen LogP) is 2.04. The molecule has 3 nitrogen and oxygen atoms in total. The van der Waals surface area contributed by atoms with Gasteiger partial charge in [0.2, 0.25) is 0 Å². The van der Waals surface area contributed by atoms with E-state index in [0.29, 0.717) is 19.4 Å². The van der Waals surface area contributed by atoms with Gasteiger partial charge in [-0.2, -0.15) is 5.26 Å². The van der Waals surface area contributed by atoms with Gasteiger partial charge in [0.15, 0.2) is 11.6 Å². The number of benzene rings is 1. The number of rotatable bonds is 3. The van der Waals surface area contributed by atoms with Crippen molar-refractivity contribution < 1.29 is 13.9 Å². The van der Waals surface area contributed by atoms with Gasteiger partial charge in [0.25, 0.3) is 0 Å². The fourth-order valence-electron chi connectivity index (χ4n) is 2.32. The molecule has 5 heteroatoms. The molecule has 0 radical (unpaired) electrons. The number of nitrogens with zero attached hydrogens (tertiary/aromatic N) is 2. The first-order chi connectivity index (χ1) is 8.51. The highest BCUT2D eigenvalue weighted by Crippen LogP contribution is 2.31. The normalized spacial score (nSPS) is 22.2. The number of aliphatic hydroxyl groups excluding tert-OH is 1. The standard InChI is InChI=1S/C13H14F2N2O/c1-17(7-9-2-10(18)3-9)13-11(14)4-8(6-16)5-12(13)15/h4-5,9-10,18H,2-3,7H2,1H3. The molecular formula is C13H14F2N2O. The summed E-state index contributed by atoms with van der Waals surface area (Å²) in [4.78, 5) is 1.50. The lowest BCUT2D eigenvalue weighted by atomic mass is 9.82. The summed E-state index contributed by atoms with van der Waals surface area (Å²) < 4.78 is 27.4. The van der Waals surface area contributed by atoms with Gasteiger partial charge in [0.05, 0.1) is 17.7 Å². The fraction of sp³-hybridized carbons (Fsp3) is 0.462. The lowest BCUT2D eigenvalue weighted by molar-refractivity contribution is 0.0464. The third-order valence-electron chi connectivity index (χ3n) is 3.27. The summed E-state index contributed by atoms with van der Waals surface area (Å²) in [6, 6.07) is 3.78. The van der Waals surface area contributed by atoms with Gasteiger partial charge < -0.3 is 10.0 Å². The van der Waals surface area contributed by atoms with Crippen LogP contribution in [0, 0.1) is 28.9 Å². The summed E-state index contributed by atoms with van der Waals surface area (Å²) in [5.74, 6) is -1.19. The maximum Gasteiger partial charge on any atom is 0.150 e. The third-order valence-corrected chi connectivity index (χ3v) is 3.27. The first-order valence-corrected chi connectivity index (χ1v) is 5.79. The number of halogens is 2. The minimum Gasteiger partial charge on any atom is -0.393 e. The van der Waals surface area contributed by atoms with Crippen LogP contribution in [0.25, 0.3) is 0 Å². The van der Waals surface area contributed by atoms with E-state index in [2.05, 4.69) is 0 Å². The molecular weight excluding hydrogens is 238 g/mol. The SMILES string of the molecule is CN(CC1CC(O)C1)c1c(F)cc(C#N)cc1F. The molecule has 2 rings (SSSR count). The van der Waals surface area contributed by atoms with Crippen LogP contribution in [0.4, 0.5) is 14.5 Å². The highest BCUT2D eigenvalue weighted by atomic mass is 19.1. The van der Waals surface area contributed by atoms with Gasteiger partial charge in [0, 0.05) is 13.6 Å². The topological polar surface area (TPSA) is 47.3 Å². The quantitative estimate of drug-likeness (QED) is 0.895. The van der Waals surface area contributed by atoms with Crippen molar-refractivity contribution in [3.63, 3.8) is 0 Å². The van der Waals surface area contributed by atoms with Gasteiger partial charge in [-0.1, -0.05) is 0 Å². The summed E-state index contributed by atoms with van der Waals surface area (Å²) in [6.45, 7) is 0.497. The zero-order valence-corrected chi connectivity index (χ0v) is 10.0. The Morgan fingerprint density at radius 1 is 1.39 bits per heavy atom. The van der Waals surface area contributed by atoms with E-state index < -0.39 is 11.6 Å². The molecule has 0 atom stereocenters. The summed E-state index contributed by atoms with van der Waals surface area (Å²) in [5.41, 5.74) is -0.142. The van der Waals surface area contributed by atoms with Crippen molar-refractivity contribution in [2.75, 3.05) is 18.5 Å². The van der Waals surface area contributed by atoms with Crippen molar-refractivity contribution in [1.29, 1.82) is 5.26 Å². The van der Waals surface area contributed by atoms with Crippen molar-refractivity contribution >= 4 is 5.69 Å². The van der Waals surface area contributed by atoms with E-state index in [4.69, 9.17) is 5.26 Å². The monoisotopic (exact) mass is 252 g/mol. The molecule has 0 amide bonds. The molecule has 0 unspecified atom stereocenters. The fourth-order valence-corrected chi connectivity index (χ4v) is 2.32. The minimum absolute atomic E-state index is 0.0267. The van der Waals surface area contributed by atoms with Crippen LogP contribution in [-0.2, 0) is 0 Å². The van der Waals surface area contributed by atoms with Crippen molar-refractivity contribution in [1.82, 2.24) is 0 Å². The van der Waals surface area contributed by atoms with Crippen LogP contribution in [0.15, 0.2) is 12.1 Å². The molecule has 0 saturated heterocycles. The average Bonchev–Trinajstić information content (AvgIpc) is 2.25. The molecule has 1 saturated carbocycles. The molecule has 96 valence electrons. The first kappa shape index (κ1) is 12.8. The van der Waals surface area contributed by atoms with Crippen molar-refractivity contribution in [2.24, 2.45) is 5.92 Å². The summed E-state index contributed by atoms with van der Waals surface area (Å²) >= 11 is 0. The van der Waals surface area contributed by atoms with E-state index in [1.54, 1.807) is 13.1 Å². The minimum atomic E-state index is -0.728. The van der Waals surface area contributed by atoms with Crippen LogP contribution in [0.5, 0.6) is 0 Å². The molecule has 0 aromatic heterocycles. The molecule has 18 heavy (non-hydrogen) atoms. The molecule has 1 fully saturated rings. The van der Waals surface area contributed by atoms with Gasteiger partial charge in [-0.05, 0) is 30.9 Å². The van der Waals surface area contributed by atoms with Crippen LogP contribution < -0.4 is 4.90 Å². The number of nitriles is 1. The lowest BCUT2D eigenvalue weighted by Crippen LogP contribution is -2.37. The Kier molecular flexibility index (Phi) is 3.48. The Morgan fingerprint density at radius 3 is 2.39 bits per heavy atom. The Balaban J connectivity index is 2.15. The smallest absolute Gasteiger partial charge is 0.150 e.